The highest BCUT2D eigenvalue weighted by molar-refractivity contribution is 7.22. The van der Waals surface area contributed by atoms with Crippen molar-refractivity contribution in [2.75, 3.05) is 11.1 Å². The summed E-state index contributed by atoms with van der Waals surface area (Å²) in [6, 6.07) is 12.7. The summed E-state index contributed by atoms with van der Waals surface area (Å²) in [5.74, 6) is 0. The van der Waals surface area contributed by atoms with Gasteiger partial charge in [-0.05, 0) is 36.4 Å². The SMILES string of the molecule is N#Cc1ccc(Cl)c(Nc2nc3ccc(N)cc3s2)c1. The Morgan fingerprint density at radius 3 is 2.90 bits per heavy atom. The fourth-order valence-electron chi connectivity index (χ4n) is 1.80. The first kappa shape index (κ1) is 12.7. The molecule has 0 saturated carbocycles. The Morgan fingerprint density at radius 1 is 1.25 bits per heavy atom. The van der Waals surface area contributed by atoms with Gasteiger partial charge in [-0.15, -0.1) is 0 Å². The molecule has 0 amide bonds. The molecule has 3 aromatic rings. The first-order valence-electron chi connectivity index (χ1n) is 5.78. The van der Waals surface area contributed by atoms with E-state index in [2.05, 4.69) is 16.4 Å². The molecular formula is C14H9ClN4S. The van der Waals surface area contributed by atoms with E-state index in [1.54, 1.807) is 18.2 Å². The number of anilines is 3. The number of halogens is 1. The molecule has 4 nitrogen and oxygen atoms in total. The first-order chi connectivity index (χ1) is 9.65. The molecule has 1 aromatic heterocycles. The molecule has 0 aliphatic rings. The number of nitrogens with zero attached hydrogens (tertiary/aromatic N) is 2. The smallest absolute Gasteiger partial charge is 0.188 e. The van der Waals surface area contributed by atoms with Gasteiger partial charge in [0.15, 0.2) is 5.13 Å². The highest BCUT2D eigenvalue weighted by Crippen LogP contribution is 2.32. The molecule has 20 heavy (non-hydrogen) atoms. The number of hydrogen-bond acceptors (Lipinski definition) is 5. The van der Waals surface area contributed by atoms with Crippen LogP contribution in [0.2, 0.25) is 5.02 Å². The van der Waals surface area contributed by atoms with E-state index in [1.807, 2.05) is 18.2 Å². The quantitative estimate of drug-likeness (QED) is 0.697. The second-order valence-electron chi connectivity index (χ2n) is 4.18. The predicted octanol–water partition coefficient (Wildman–Crippen LogP) is 4.15. The maximum Gasteiger partial charge on any atom is 0.188 e. The number of thiazole rings is 1. The third-order valence-electron chi connectivity index (χ3n) is 2.75. The van der Waals surface area contributed by atoms with Crippen molar-refractivity contribution >= 4 is 49.7 Å². The fourth-order valence-corrected chi connectivity index (χ4v) is 2.89. The fraction of sp³-hybridized carbons (Fsp3) is 0. The Labute approximate surface area is 124 Å². The molecule has 3 rings (SSSR count). The zero-order chi connectivity index (χ0) is 14.1. The van der Waals surface area contributed by atoms with E-state index in [0.717, 1.165) is 10.2 Å². The third kappa shape index (κ3) is 2.39. The molecule has 98 valence electrons. The molecule has 0 saturated heterocycles. The van der Waals surface area contributed by atoms with E-state index in [4.69, 9.17) is 22.6 Å². The summed E-state index contributed by atoms with van der Waals surface area (Å²) in [6.07, 6.45) is 0. The molecule has 0 aliphatic heterocycles. The molecule has 0 atom stereocenters. The van der Waals surface area contributed by atoms with E-state index >= 15 is 0 Å². The number of nitrogens with one attached hydrogen (secondary N) is 1. The maximum absolute atomic E-state index is 8.92. The zero-order valence-electron chi connectivity index (χ0n) is 10.2. The lowest BCUT2D eigenvalue weighted by Gasteiger charge is -2.04. The average molecular weight is 301 g/mol. The highest BCUT2D eigenvalue weighted by atomic mass is 35.5. The van der Waals surface area contributed by atoms with Gasteiger partial charge >= 0.3 is 0 Å². The summed E-state index contributed by atoms with van der Waals surface area (Å²) in [7, 11) is 0. The van der Waals surface area contributed by atoms with Gasteiger partial charge in [0.1, 0.15) is 0 Å². The number of fused-ring (bicyclic) bond motifs is 1. The van der Waals surface area contributed by atoms with E-state index in [1.165, 1.54) is 11.3 Å². The summed E-state index contributed by atoms with van der Waals surface area (Å²) in [6.45, 7) is 0. The van der Waals surface area contributed by atoms with Crippen molar-refractivity contribution in [3.05, 3.63) is 47.0 Å². The lowest BCUT2D eigenvalue weighted by atomic mass is 10.2. The van der Waals surface area contributed by atoms with Gasteiger partial charge in [0, 0.05) is 5.69 Å². The molecule has 2 aromatic carbocycles. The van der Waals surface area contributed by atoms with Crippen LogP contribution in [0.1, 0.15) is 5.56 Å². The second-order valence-corrected chi connectivity index (χ2v) is 5.62. The largest absolute Gasteiger partial charge is 0.399 e. The van der Waals surface area contributed by atoms with Crippen molar-refractivity contribution in [3.8, 4) is 6.07 Å². The summed E-state index contributed by atoms with van der Waals surface area (Å²) in [5, 5.41) is 13.3. The van der Waals surface area contributed by atoms with Crippen LogP contribution in [0.5, 0.6) is 0 Å². The molecule has 0 aliphatic carbocycles. The van der Waals surface area contributed by atoms with Crippen molar-refractivity contribution in [2.24, 2.45) is 0 Å². The number of hydrogen-bond donors (Lipinski definition) is 2. The van der Waals surface area contributed by atoms with E-state index in [-0.39, 0.29) is 0 Å². The Hall–Kier alpha value is -2.29. The van der Waals surface area contributed by atoms with Crippen LogP contribution < -0.4 is 11.1 Å². The summed E-state index contributed by atoms with van der Waals surface area (Å²) < 4.78 is 1.00. The minimum Gasteiger partial charge on any atom is -0.399 e. The first-order valence-corrected chi connectivity index (χ1v) is 6.98. The lowest BCUT2D eigenvalue weighted by molar-refractivity contribution is 1.43. The Kier molecular flexibility index (Phi) is 3.18. The predicted molar refractivity (Wildman–Crippen MR) is 83.5 cm³/mol. The number of nitriles is 1. The highest BCUT2D eigenvalue weighted by Gasteiger charge is 2.07. The maximum atomic E-state index is 8.92. The zero-order valence-corrected chi connectivity index (χ0v) is 11.8. The lowest BCUT2D eigenvalue weighted by Crippen LogP contribution is -1.91. The van der Waals surface area contributed by atoms with E-state index in [9.17, 15) is 0 Å². The summed E-state index contributed by atoms with van der Waals surface area (Å²) >= 11 is 7.60. The van der Waals surface area contributed by atoms with Crippen LogP contribution in [0.25, 0.3) is 10.2 Å². The van der Waals surface area contributed by atoms with Gasteiger partial charge in [-0.25, -0.2) is 4.98 Å². The minimum atomic E-state index is 0.544. The molecule has 6 heteroatoms. The number of benzene rings is 2. The van der Waals surface area contributed by atoms with Gasteiger partial charge in [-0.2, -0.15) is 5.26 Å². The Balaban J connectivity index is 1.99. The van der Waals surface area contributed by atoms with Crippen LogP contribution in [-0.4, -0.2) is 4.98 Å². The molecule has 0 bridgehead atoms. The number of aromatic nitrogens is 1. The van der Waals surface area contributed by atoms with Crippen LogP contribution in [-0.2, 0) is 0 Å². The molecular weight excluding hydrogens is 292 g/mol. The number of rotatable bonds is 2. The van der Waals surface area contributed by atoms with Crippen LogP contribution >= 0.6 is 22.9 Å². The normalized spacial score (nSPS) is 10.4. The van der Waals surface area contributed by atoms with Gasteiger partial charge in [-0.3, -0.25) is 0 Å². The standard InChI is InChI=1S/C14H9ClN4S/c15-10-3-1-8(7-16)5-12(10)19-14-18-11-4-2-9(17)6-13(11)20-14/h1-6H,17H2,(H,18,19). The monoisotopic (exact) mass is 300 g/mol. The van der Waals surface area contributed by atoms with Gasteiger partial charge < -0.3 is 11.1 Å². The van der Waals surface area contributed by atoms with Gasteiger partial charge in [0.2, 0.25) is 0 Å². The number of nitrogens with two attached hydrogens (primary N) is 1. The second kappa shape index (κ2) is 5.00. The van der Waals surface area contributed by atoms with Crippen molar-refractivity contribution in [2.45, 2.75) is 0 Å². The van der Waals surface area contributed by atoms with Crippen LogP contribution in [0, 0.1) is 11.3 Å². The summed E-state index contributed by atoms with van der Waals surface area (Å²) in [5.41, 5.74) is 8.54. The Morgan fingerprint density at radius 2 is 2.10 bits per heavy atom. The Bertz CT molecular complexity index is 835. The number of nitrogen functional groups attached to an aromatic ring is 1. The van der Waals surface area contributed by atoms with Gasteiger partial charge in [0.05, 0.1) is 32.6 Å². The molecule has 1 heterocycles. The van der Waals surface area contributed by atoms with E-state index < -0.39 is 0 Å². The van der Waals surface area contributed by atoms with Gasteiger partial charge in [0.25, 0.3) is 0 Å². The topological polar surface area (TPSA) is 74.7 Å². The van der Waals surface area contributed by atoms with Crippen LogP contribution in [0.4, 0.5) is 16.5 Å². The molecule has 0 fully saturated rings. The van der Waals surface area contributed by atoms with Crippen molar-refractivity contribution in [3.63, 3.8) is 0 Å². The third-order valence-corrected chi connectivity index (χ3v) is 4.01. The van der Waals surface area contributed by atoms with Crippen molar-refractivity contribution in [1.82, 2.24) is 4.98 Å². The van der Waals surface area contributed by atoms with Gasteiger partial charge in [-0.1, -0.05) is 22.9 Å². The van der Waals surface area contributed by atoms with Crippen LogP contribution in [0.15, 0.2) is 36.4 Å². The molecule has 0 radical (unpaired) electrons. The molecule has 0 spiro atoms. The van der Waals surface area contributed by atoms with E-state index in [0.29, 0.717) is 27.1 Å². The average Bonchev–Trinajstić information content (AvgIpc) is 2.82. The van der Waals surface area contributed by atoms with Crippen molar-refractivity contribution in [1.29, 1.82) is 5.26 Å². The van der Waals surface area contributed by atoms with Crippen LogP contribution in [0.3, 0.4) is 0 Å². The minimum absolute atomic E-state index is 0.544. The summed E-state index contributed by atoms with van der Waals surface area (Å²) in [4.78, 5) is 4.46. The molecule has 3 N–H and O–H groups in total. The molecule has 0 unspecified atom stereocenters. The van der Waals surface area contributed by atoms with Crippen molar-refractivity contribution < 1.29 is 0 Å².